The monoisotopic (exact) mass is 287 g/mol. The lowest BCUT2D eigenvalue weighted by Crippen LogP contribution is -2.35. The smallest absolute Gasteiger partial charge is 0.227 e. The molecule has 1 aromatic carbocycles. The zero-order chi connectivity index (χ0) is 14.7. The van der Waals surface area contributed by atoms with Crippen molar-refractivity contribution in [3.63, 3.8) is 0 Å². The fourth-order valence-corrected chi connectivity index (χ4v) is 2.86. The molecular formula is C16H21N3O2. The van der Waals surface area contributed by atoms with Crippen LogP contribution in [0.4, 0.5) is 0 Å². The van der Waals surface area contributed by atoms with Crippen molar-refractivity contribution >= 4 is 0 Å². The molecule has 1 unspecified atom stereocenters. The molecule has 0 aliphatic heterocycles. The number of rotatable bonds is 5. The molecule has 21 heavy (non-hydrogen) atoms. The van der Waals surface area contributed by atoms with Gasteiger partial charge in [-0.3, -0.25) is 0 Å². The van der Waals surface area contributed by atoms with E-state index < -0.39 is 0 Å². The van der Waals surface area contributed by atoms with Gasteiger partial charge in [0, 0.05) is 19.0 Å². The summed E-state index contributed by atoms with van der Waals surface area (Å²) in [6.45, 7) is 2.71. The first kappa shape index (κ1) is 14.1. The highest BCUT2D eigenvalue weighted by Gasteiger charge is 2.18. The van der Waals surface area contributed by atoms with Crippen LogP contribution in [0.15, 0.2) is 22.7 Å². The van der Waals surface area contributed by atoms with Crippen molar-refractivity contribution < 1.29 is 9.26 Å². The van der Waals surface area contributed by atoms with Crippen LogP contribution in [0.1, 0.15) is 29.3 Å². The van der Waals surface area contributed by atoms with E-state index in [9.17, 15) is 0 Å². The number of nitrogens with one attached hydrogen (secondary N) is 1. The Morgan fingerprint density at radius 1 is 1.38 bits per heavy atom. The van der Waals surface area contributed by atoms with Gasteiger partial charge in [-0.05, 0) is 49.4 Å². The Labute approximate surface area is 124 Å². The molecule has 0 amide bonds. The maximum Gasteiger partial charge on any atom is 0.227 e. The Hall–Kier alpha value is -1.88. The molecule has 0 saturated carbocycles. The van der Waals surface area contributed by atoms with Crippen molar-refractivity contribution in [3.8, 4) is 5.75 Å². The van der Waals surface area contributed by atoms with Gasteiger partial charge in [0.15, 0.2) is 5.82 Å². The summed E-state index contributed by atoms with van der Waals surface area (Å²) in [4.78, 5) is 4.22. The van der Waals surface area contributed by atoms with Crippen LogP contribution in [-0.2, 0) is 19.3 Å². The van der Waals surface area contributed by atoms with Gasteiger partial charge in [-0.25, -0.2) is 0 Å². The maximum absolute atomic E-state index is 5.31. The van der Waals surface area contributed by atoms with Crippen LogP contribution in [0, 0.1) is 6.92 Å². The molecule has 1 N–H and O–H groups in total. The minimum Gasteiger partial charge on any atom is -0.497 e. The molecular weight excluding hydrogens is 266 g/mol. The quantitative estimate of drug-likeness (QED) is 0.912. The summed E-state index contributed by atoms with van der Waals surface area (Å²) in [5, 5.41) is 7.39. The van der Waals surface area contributed by atoms with Gasteiger partial charge in [0.1, 0.15) is 5.75 Å². The van der Waals surface area contributed by atoms with E-state index in [1.807, 2.05) is 13.0 Å². The first-order valence-corrected chi connectivity index (χ1v) is 7.43. The van der Waals surface area contributed by atoms with E-state index in [0.717, 1.165) is 31.6 Å². The fourth-order valence-electron chi connectivity index (χ4n) is 2.86. The van der Waals surface area contributed by atoms with E-state index in [-0.39, 0.29) is 0 Å². The molecule has 1 atom stereocenters. The number of fused-ring (bicyclic) bond motifs is 1. The number of aromatic nitrogens is 2. The molecule has 0 radical (unpaired) electrons. The molecule has 1 aliphatic rings. The predicted molar refractivity (Wildman–Crippen MR) is 79.5 cm³/mol. The predicted octanol–water partition coefficient (Wildman–Crippen LogP) is 2.08. The van der Waals surface area contributed by atoms with Gasteiger partial charge in [0.05, 0.1) is 7.11 Å². The number of hydrogen-bond donors (Lipinski definition) is 1. The third kappa shape index (κ3) is 3.42. The standard InChI is InChI=1S/C16H21N3O2/c1-11-18-16(21-19-11)7-8-17-14-5-3-12-4-6-15(20-2)10-13(12)9-14/h4,6,10,14,17H,3,5,7-9H2,1-2H3. The van der Waals surface area contributed by atoms with Gasteiger partial charge in [-0.15, -0.1) is 0 Å². The fraction of sp³-hybridized carbons (Fsp3) is 0.500. The number of hydrogen-bond acceptors (Lipinski definition) is 5. The van der Waals surface area contributed by atoms with Crippen molar-refractivity contribution in [2.45, 2.75) is 38.6 Å². The zero-order valence-electron chi connectivity index (χ0n) is 12.6. The Balaban J connectivity index is 1.53. The molecule has 1 aliphatic carbocycles. The van der Waals surface area contributed by atoms with Gasteiger partial charge < -0.3 is 14.6 Å². The Bertz CT molecular complexity index is 609. The maximum atomic E-state index is 5.31. The Morgan fingerprint density at radius 2 is 2.29 bits per heavy atom. The largest absolute Gasteiger partial charge is 0.497 e. The summed E-state index contributed by atoms with van der Waals surface area (Å²) in [5.41, 5.74) is 2.84. The second kappa shape index (κ2) is 6.26. The van der Waals surface area contributed by atoms with Gasteiger partial charge in [0.25, 0.3) is 0 Å². The van der Waals surface area contributed by atoms with Crippen molar-refractivity contribution in [1.82, 2.24) is 15.5 Å². The molecule has 1 aromatic heterocycles. The van der Waals surface area contributed by atoms with Crippen LogP contribution in [0.25, 0.3) is 0 Å². The number of benzene rings is 1. The number of aryl methyl sites for hydroxylation is 2. The Kier molecular flexibility index (Phi) is 4.20. The summed E-state index contributed by atoms with van der Waals surface area (Å²) in [6.07, 6.45) is 4.12. The van der Waals surface area contributed by atoms with Crippen molar-refractivity contribution in [1.29, 1.82) is 0 Å². The molecule has 0 spiro atoms. The molecule has 5 heteroatoms. The van der Waals surface area contributed by atoms with E-state index in [0.29, 0.717) is 17.8 Å². The third-order valence-electron chi connectivity index (χ3n) is 3.98. The minimum absolute atomic E-state index is 0.508. The second-order valence-electron chi connectivity index (χ2n) is 5.51. The molecule has 2 aromatic rings. The summed E-state index contributed by atoms with van der Waals surface area (Å²) < 4.78 is 10.4. The highest BCUT2D eigenvalue weighted by molar-refractivity contribution is 5.37. The molecule has 5 nitrogen and oxygen atoms in total. The summed E-state index contributed by atoms with van der Waals surface area (Å²) >= 11 is 0. The van der Waals surface area contributed by atoms with E-state index >= 15 is 0 Å². The van der Waals surface area contributed by atoms with E-state index in [2.05, 4.69) is 27.6 Å². The normalized spacial score (nSPS) is 17.5. The molecule has 0 saturated heterocycles. The van der Waals surface area contributed by atoms with Crippen LogP contribution in [0.5, 0.6) is 5.75 Å². The minimum atomic E-state index is 0.508. The van der Waals surface area contributed by atoms with Gasteiger partial charge >= 0.3 is 0 Å². The van der Waals surface area contributed by atoms with E-state index in [1.54, 1.807) is 7.11 Å². The topological polar surface area (TPSA) is 60.2 Å². The molecule has 112 valence electrons. The van der Waals surface area contributed by atoms with Crippen LogP contribution in [0.2, 0.25) is 0 Å². The summed E-state index contributed by atoms with van der Waals surface area (Å²) in [6, 6.07) is 6.90. The average Bonchev–Trinajstić information content (AvgIpc) is 2.92. The van der Waals surface area contributed by atoms with Gasteiger partial charge in [-0.1, -0.05) is 11.2 Å². The lowest BCUT2D eigenvalue weighted by molar-refractivity contribution is 0.365. The third-order valence-corrected chi connectivity index (χ3v) is 3.98. The zero-order valence-corrected chi connectivity index (χ0v) is 12.6. The van der Waals surface area contributed by atoms with Crippen LogP contribution in [-0.4, -0.2) is 29.8 Å². The second-order valence-corrected chi connectivity index (χ2v) is 5.51. The summed E-state index contributed by atoms with van der Waals surface area (Å²) in [5.74, 6) is 2.34. The first-order valence-electron chi connectivity index (χ1n) is 7.43. The number of methoxy groups -OCH3 is 1. The first-order chi connectivity index (χ1) is 10.2. The van der Waals surface area contributed by atoms with Crippen LogP contribution in [0.3, 0.4) is 0 Å². The lowest BCUT2D eigenvalue weighted by atomic mass is 9.88. The van der Waals surface area contributed by atoms with E-state index in [1.165, 1.54) is 17.5 Å². The van der Waals surface area contributed by atoms with Crippen LogP contribution >= 0.6 is 0 Å². The molecule has 3 rings (SSSR count). The number of nitrogens with zero attached hydrogens (tertiary/aromatic N) is 2. The molecule has 1 heterocycles. The van der Waals surface area contributed by atoms with Crippen molar-refractivity contribution in [3.05, 3.63) is 41.0 Å². The highest BCUT2D eigenvalue weighted by atomic mass is 16.5. The molecule has 0 fully saturated rings. The van der Waals surface area contributed by atoms with Crippen molar-refractivity contribution in [2.24, 2.45) is 0 Å². The lowest BCUT2D eigenvalue weighted by Gasteiger charge is -2.25. The van der Waals surface area contributed by atoms with E-state index in [4.69, 9.17) is 9.26 Å². The number of ether oxygens (including phenoxy) is 1. The van der Waals surface area contributed by atoms with Gasteiger partial charge in [0.2, 0.25) is 5.89 Å². The highest BCUT2D eigenvalue weighted by Crippen LogP contribution is 2.25. The molecule has 0 bridgehead atoms. The van der Waals surface area contributed by atoms with Crippen LogP contribution < -0.4 is 10.1 Å². The average molecular weight is 287 g/mol. The Morgan fingerprint density at radius 3 is 3.05 bits per heavy atom. The SMILES string of the molecule is COc1ccc2c(c1)CC(NCCc1nc(C)no1)CC2. The van der Waals surface area contributed by atoms with Crippen molar-refractivity contribution in [2.75, 3.05) is 13.7 Å². The summed E-state index contributed by atoms with van der Waals surface area (Å²) in [7, 11) is 1.71. The van der Waals surface area contributed by atoms with Gasteiger partial charge in [-0.2, -0.15) is 4.98 Å².